The molecule has 0 spiro atoms. The molecule has 7 heteroatoms. The molecule has 7 nitrogen and oxygen atoms in total. The summed E-state index contributed by atoms with van der Waals surface area (Å²) < 4.78 is 5.61. The van der Waals surface area contributed by atoms with E-state index >= 15 is 0 Å². The first-order valence-electron chi connectivity index (χ1n) is 11.7. The molecule has 0 radical (unpaired) electrons. The minimum Gasteiger partial charge on any atom is -0.481 e. The summed E-state index contributed by atoms with van der Waals surface area (Å²) in [4.78, 5) is 37.3. The van der Waals surface area contributed by atoms with Gasteiger partial charge in [-0.15, -0.1) is 0 Å². The normalized spacial score (nSPS) is 15.9. The third-order valence-corrected chi connectivity index (χ3v) is 6.91. The number of alkyl carbamates (subject to hydrolysis) is 1. The van der Waals surface area contributed by atoms with Crippen LogP contribution in [0.15, 0.2) is 78.9 Å². The number of hydrogen-bond donors (Lipinski definition) is 3. The lowest BCUT2D eigenvalue weighted by Crippen LogP contribution is -2.43. The second-order valence-electron chi connectivity index (χ2n) is 9.12. The minimum atomic E-state index is -1.00. The van der Waals surface area contributed by atoms with Crippen LogP contribution in [0.2, 0.25) is 0 Å². The molecule has 1 fully saturated rings. The van der Waals surface area contributed by atoms with E-state index in [1.807, 2.05) is 42.5 Å². The van der Waals surface area contributed by atoms with Crippen LogP contribution in [0.1, 0.15) is 41.5 Å². The summed E-state index contributed by atoms with van der Waals surface area (Å²) in [5.41, 5.74) is 4.14. The Morgan fingerprint density at radius 1 is 0.886 bits per heavy atom. The van der Waals surface area contributed by atoms with Gasteiger partial charge in [0.25, 0.3) is 0 Å². The van der Waals surface area contributed by atoms with E-state index in [1.165, 1.54) is 0 Å². The van der Waals surface area contributed by atoms with Gasteiger partial charge in [-0.2, -0.15) is 0 Å². The number of carboxylic acid groups (broad SMARTS) is 1. The number of amides is 2. The molecule has 0 saturated heterocycles. The van der Waals surface area contributed by atoms with E-state index in [-0.39, 0.29) is 19.1 Å². The molecule has 1 saturated carbocycles. The number of fused-ring (bicyclic) bond motifs is 3. The number of rotatable bonds is 8. The molecular weight excluding hydrogens is 444 g/mol. The molecule has 3 aromatic carbocycles. The van der Waals surface area contributed by atoms with Crippen LogP contribution in [0.3, 0.4) is 0 Å². The number of carbonyl (C=O) groups excluding carboxylic acids is 2. The summed E-state index contributed by atoms with van der Waals surface area (Å²) in [5, 5.41) is 14.8. The van der Waals surface area contributed by atoms with Gasteiger partial charge in [-0.25, -0.2) is 4.79 Å². The molecule has 3 N–H and O–H groups in total. The molecule has 0 unspecified atom stereocenters. The topological polar surface area (TPSA) is 105 Å². The maximum absolute atomic E-state index is 13.0. The Bertz CT molecular complexity index is 1220. The van der Waals surface area contributed by atoms with Crippen LogP contribution in [0.25, 0.3) is 11.1 Å². The molecule has 0 heterocycles. The van der Waals surface area contributed by atoms with Crippen molar-refractivity contribution in [3.05, 3.63) is 95.6 Å². The number of ether oxygens (including phenoxy) is 1. The van der Waals surface area contributed by atoms with Gasteiger partial charge in [0.05, 0.1) is 5.41 Å². The molecule has 0 aromatic heterocycles. The number of benzene rings is 3. The third-order valence-electron chi connectivity index (χ3n) is 6.91. The van der Waals surface area contributed by atoms with Gasteiger partial charge in [0.2, 0.25) is 5.91 Å². The second kappa shape index (κ2) is 9.25. The number of nitrogens with one attached hydrogen (secondary N) is 2. The first-order valence-corrected chi connectivity index (χ1v) is 11.7. The fourth-order valence-corrected chi connectivity index (χ4v) is 4.68. The van der Waals surface area contributed by atoms with E-state index in [4.69, 9.17) is 4.74 Å². The van der Waals surface area contributed by atoms with E-state index in [2.05, 4.69) is 22.8 Å². The van der Waals surface area contributed by atoms with Crippen molar-refractivity contribution < 1.29 is 24.2 Å². The summed E-state index contributed by atoms with van der Waals surface area (Å²) in [7, 11) is 0. The summed E-state index contributed by atoms with van der Waals surface area (Å²) in [6.07, 6.45) is 0.340. The highest BCUT2D eigenvalue weighted by atomic mass is 16.5. The van der Waals surface area contributed by atoms with Gasteiger partial charge in [0.1, 0.15) is 12.6 Å². The summed E-state index contributed by atoms with van der Waals surface area (Å²) in [5.74, 6) is -1.49. The number of hydrogen-bond acceptors (Lipinski definition) is 4. The third kappa shape index (κ3) is 4.49. The average Bonchev–Trinajstić information content (AvgIpc) is 3.62. The summed E-state index contributed by atoms with van der Waals surface area (Å²) in [6.45, 7) is 0.155. The molecule has 35 heavy (non-hydrogen) atoms. The van der Waals surface area contributed by atoms with Gasteiger partial charge in [0.15, 0.2) is 0 Å². The van der Waals surface area contributed by atoms with Gasteiger partial charge >= 0.3 is 12.1 Å². The molecule has 2 amide bonds. The highest BCUT2D eigenvalue weighted by Gasteiger charge is 2.50. The first kappa shape index (κ1) is 22.7. The molecule has 5 rings (SSSR count). The van der Waals surface area contributed by atoms with Gasteiger partial charge in [-0.3, -0.25) is 9.59 Å². The molecule has 0 aliphatic heterocycles. The molecule has 2 aliphatic rings. The van der Waals surface area contributed by atoms with Gasteiger partial charge in [-0.05, 0) is 40.7 Å². The van der Waals surface area contributed by atoms with Crippen LogP contribution < -0.4 is 10.6 Å². The van der Waals surface area contributed by atoms with Crippen molar-refractivity contribution in [3.8, 4) is 11.1 Å². The Balaban J connectivity index is 1.28. The lowest BCUT2D eigenvalue weighted by Gasteiger charge is -2.21. The lowest BCUT2D eigenvalue weighted by atomic mass is 9.98. The fraction of sp³-hybridized carbons (Fsp3) is 0.250. The van der Waals surface area contributed by atoms with Crippen molar-refractivity contribution in [1.29, 1.82) is 0 Å². The smallest absolute Gasteiger partial charge is 0.408 e. The number of carboxylic acids is 1. The molecule has 1 atom stereocenters. The summed E-state index contributed by atoms with van der Waals surface area (Å²) in [6, 6.07) is 24.0. The van der Waals surface area contributed by atoms with Crippen molar-refractivity contribution >= 4 is 18.0 Å². The molecule has 2 aliphatic carbocycles. The average molecular weight is 471 g/mol. The highest BCUT2D eigenvalue weighted by molar-refractivity contribution is 5.88. The van der Waals surface area contributed by atoms with Crippen LogP contribution in [0, 0.1) is 5.41 Å². The lowest BCUT2D eigenvalue weighted by molar-refractivity contribution is -0.143. The van der Waals surface area contributed by atoms with Crippen molar-refractivity contribution in [3.63, 3.8) is 0 Å². The maximum Gasteiger partial charge on any atom is 0.408 e. The Morgan fingerprint density at radius 2 is 1.46 bits per heavy atom. The number of carbonyl (C=O) groups is 3. The molecule has 178 valence electrons. The van der Waals surface area contributed by atoms with Gasteiger partial charge < -0.3 is 20.5 Å². The molecule has 0 bridgehead atoms. The van der Waals surface area contributed by atoms with Crippen molar-refractivity contribution in [1.82, 2.24) is 10.6 Å². The Hall–Kier alpha value is -4.13. The predicted octanol–water partition coefficient (Wildman–Crippen LogP) is 4.25. The molecule has 3 aromatic rings. The zero-order valence-electron chi connectivity index (χ0n) is 19.1. The quantitative estimate of drug-likeness (QED) is 0.457. The standard InChI is InChI=1S/C28H26N2O5/c31-25(29-17-28(14-15-28)26(32)33)24(18-8-2-1-3-9-18)30-27(34)35-16-23-21-12-6-4-10-19(21)20-11-5-7-13-22(20)23/h1-13,23-24H,14-17H2,(H,29,31)(H,30,34)(H,32,33)/t24-/m1/s1. The van der Waals surface area contributed by atoms with Gasteiger partial charge in [-0.1, -0.05) is 78.9 Å². The van der Waals surface area contributed by atoms with Crippen LogP contribution in [0.4, 0.5) is 4.79 Å². The zero-order valence-corrected chi connectivity index (χ0v) is 19.1. The largest absolute Gasteiger partial charge is 0.481 e. The van der Waals surface area contributed by atoms with Crippen molar-refractivity contribution in [2.24, 2.45) is 5.41 Å². The number of aliphatic carboxylic acids is 1. The van der Waals surface area contributed by atoms with E-state index < -0.39 is 29.4 Å². The zero-order chi connectivity index (χ0) is 24.4. The van der Waals surface area contributed by atoms with Crippen molar-refractivity contribution in [2.75, 3.05) is 13.2 Å². The Kier molecular flexibility index (Phi) is 5.99. The van der Waals surface area contributed by atoms with Crippen LogP contribution >= 0.6 is 0 Å². The van der Waals surface area contributed by atoms with E-state index in [9.17, 15) is 19.5 Å². The van der Waals surface area contributed by atoms with Crippen LogP contribution in [-0.4, -0.2) is 36.2 Å². The van der Waals surface area contributed by atoms with Crippen LogP contribution in [-0.2, 0) is 14.3 Å². The second-order valence-corrected chi connectivity index (χ2v) is 9.12. The highest BCUT2D eigenvalue weighted by Crippen LogP contribution is 2.45. The predicted molar refractivity (Wildman–Crippen MR) is 130 cm³/mol. The Morgan fingerprint density at radius 3 is 2.03 bits per heavy atom. The summed E-state index contributed by atoms with van der Waals surface area (Å²) >= 11 is 0. The minimum absolute atomic E-state index is 0.0247. The van der Waals surface area contributed by atoms with E-state index in [1.54, 1.807) is 24.3 Å². The van der Waals surface area contributed by atoms with Gasteiger partial charge in [0, 0.05) is 12.5 Å². The molecular formula is C28H26N2O5. The monoisotopic (exact) mass is 470 g/mol. The first-order chi connectivity index (χ1) is 17.0. The van der Waals surface area contributed by atoms with Crippen LogP contribution in [0.5, 0.6) is 0 Å². The Labute approximate surface area is 203 Å². The van der Waals surface area contributed by atoms with E-state index in [0.29, 0.717) is 18.4 Å². The van der Waals surface area contributed by atoms with E-state index in [0.717, 1.165) is 22.3 Å². The maximum atomic E-state index is 13.0. The van der Waals surface area contributed by atoms with Crippen molar-refractivity contribution in [2.45, 2.75) is 24.8 Å². The fourth-order valence-electron chi connectivity index (χ4n) is 4.68. The SMILES string of the molecule is O=C(N[C@@H](C(=O)NCC1(C(=O)O)CC1)c1ccccc1)OCC1c2ccccc2-c2ccccc21.